The number of β-amino-alcohol motifs (C(OH)–C–C–N with tert-alkyl or cyclic N) is 1. The number of rotatable bonds is 8. The van der Waals surface area contributed by atoms with Crippen molar-refractivity contribution in [1.29, 1.82) is 5.26 Å². The number of halogens is 1. The van der Waals surface area contributed by atoms with Gasteiger partial charge in [0.1, 0.15) is 30.4 Å². The van der Waals surface area contributed by atoms with Gasteiger partial charge in [0.15, 0.2) is 5.82 Å². The average Bonchev–Trinajstić information content (AvgIpc) is 2.95. The number of aromatic nitrogens is 3. The number of hydrogen-bond acceptors (Lipinski definition) is 10. The van der Waals surface area contributed by atoms with Crippen LogP contribution in [0, 0.1) is 11.3 Å². The summed E-state index contributed by atoms with van der Waals surface area (Å²) in [6.45, 7) is 7.13. The number of alkyl halides is 1. The minimum absolute atomic E-state index is 0.246. The molecule has 11 heteroatoms. The number of anilines is 3. The lowest BCUT2D eigenvalue weighted by Gasteiger charge is -2.36. The largest absolute Gasteiger partial charge is 0.486 e. The summed E-state index contributed by atoms with van der Waals surface area (Å²) in [5.74, 6) is 1.15. The molecule has 2 fully saturated rings. The summed E-state index contributed by atoms with van der Waals surface area (Å²) >= 11 is 0. The number of nitrogens with zero attached hydrogens (tertiary/aromatic N) is 6. The number of piperazine rings is 1. The Hall–Kier alpha value is -3.85. The van der Waals surface area contributed by atoms with Crippen molar-refractivity contribution in [1.82, 2.24) is 25.2 Å². The second kappa shape index (κ2) is 12.3. The lowest BCUT2D eigenvalue weighted by Crippen LogP contribution is -2.48. The van der Waals surface area contributed by atoms with Gasteiger partial charge in [-0.1, -0.05) is 0 Å². The number of piperidine rings is 1. The second-order valence-electron chi connectivity index (χ2n) is 9.93. The van der Waals surface area contributed by atoms with E-state index in [0.717, 1.165) is 37.6 Å². The van der Waals surface area contributed by atoms with Gasteiger partial charge in [0.25, 0.3) is 0 Å². The number of nitrogens with one attached hydrogen (secondary N) is 2. The van der Waals surface area contributed by atoms with Crippen LogP contribution in [0.5, 0.6) is 5.75 Å². The molecule has 0 spiro atoms. The van der Waals surface area contributed by atoms with Crippen molar-refractivity contribution in [3.05, 3.63) is 54.4 Å². The van der Waals surface area contributed by atoms with E-state index in [1.165, 1.54) is 6.33 Å². The summed E-state index contributed by atoms with van der Waals surface area (Å²) in [5, 5.41) is 25.5. The zero-order valence-corrected chi connectivity index (χ0v) is 21.9. The van der Waals surface area contributed by atoms with Crippen LogP contribution in [0.15, 0.2) is 48.8 Å². The van der Waals surface area contributed by atoms with E-state index in [2.05, 4.69) is 53.6 Å². The molecule has 10 nitrogen and oxygen atoms in total. The highest BCUT2D eigenvalue weighted by atomic mass is 19.1. The molecule has 0 amide bonds. The van der Waals surface area contributed by atoms with Crippen molar-refractivity contribution >= 4 is 17.3 Å². The molecule has 2 aromatic carbocycles. The molecule has 3 N–H and O–H groups in total. The first-order valence-corrected chi connectivity index (χ1v) is 13.3. The third kappa shape index (κ3) is 6.78. The molecule has 3 aromatic rings. The van der Waals surface area contributed by atoms with Crippen molar-refractivity contribution in [3.8, 4) is 23.2 Å². The topological polar surface area (TPSA) is 122 Å². The van der Waals surface area contributed by atoms with E-state index in [1.807, 2.05) is 19.1 Å². The van der Waals surface area contributed by atoms with E-state index in [-0.39, 0.29) is 12.6 Å². The molecule has 3 heterocycles. The quantitative estimate of drug-likeness (QED) is 0.399. The monoisotopic (exact) mass is 532 g/mol. The Morgan fingerprint density at radius 1 is 1.18 bits per heavy atom. The molecule has 204 valence electrons. The highest BCUT2D eigenvalue weighted by molar-refractivity contribution is 5.64. The molecule has 2 saturated heterocycles. The van der Waals surface area contributed by atoms with E-state index >= 15 is 0 Å². The predicted octanol–water partition coefficient (Wildman–Crippen LogP) is 2.74. The fourth-order valence-corrected chi connectivity index (χ4v) is 4.89. The first-order valence-electron chi connectivity index (χ1n) is 13.3. The van der Waals surface area contributed by atoms with Crippen molar-refractivity contribution in [2.24, 2.45) is 0 Å². The maximum atomic E-state index is 14.2. The first-order chi connectivity index (χ1) is 19.0. The van der Waals surface area contributed by atoms with Gasteiger partial charge in [-0.05, 0) is 62.4 Å². The zero-order chi connectivity index (χ0) is 27.2. The van der Waals surface area contributed by atoms with E-state index in [4.69, 9.17) is 4.74 Å². The van der Waals surface area contributed by atoms with Gasteiger partial charge in [-0.3, -0.25) is 4.90 Å². The van der Waals surface area contributed by atoms with Crippen LogP contribution < -0.4 is 20.3 Å². The van der Waals surface area contributed by atoms with Crippen molar-refractivity contribution in [2.45, 2.75) is 31.7 Å². The van der Waals surface area contributed by atoms with Crippen LogP contribution in [-0.2, 0) is 0 Å². The number of nitriles is 1. The molecule has 5 rings (SSSR count). The highest BCUT2D eigenvalue weighted by Crippen LogP contribution is 2.28. The fourth-order valence-electron chi connectivity index (χ4n) is 4.89. The van der Waals surface area contributed by atoms with Crippen LogP contribution in [0.4, 0.5) is 21.7 Å². The molecular formula is C28H33FN8O2. The second-order valence-corrected chi connectivity index (χ2v) is 9.93. The maximum absolute atomic E-state index is 14.2. The van der Waals surface area contributed by atoms with Gasteiger partial charge >= 0.3 is 0 Å². The minimum atomic E-state index is -1.12. The van der Waals surface area contributed by atoms with Gasteiger partial charge in [0.2, 0.25) is 5.95 Å². The third-order valence-corrected chi connectivity index (χ3v) is 6.94. The van der Waals surface area contributed by atoms with Crippen molar-refractivity contribution in [2.75, 3.05) is 56.0 Å². The SMILES string of the molecule is C[C@H](O)CN1CCN(c2ccc(Nc3ncnc(-c4ccc(O[C@H]5CCNC[C@@H]5F)c(C#N)c4)n3)cc2)CC1. The van der Waals surface area contributed by atoms with E-state index in [9.17, 15) is 14.8 Å². The summed E-state index contributed by atoms with van der Waals surface area (Å²) in [5.41, 5.74) is 2.92. The van der Waals surface area contributed by atoms with Gasteiger partial charge in [-0.15, -0.1) is 0 Å². The Morgan fingerprint density at radius 3 is 2.69 bits per heavy atom. The van der Waals surface area contributed by atoms with Crippen LogP contribution in [-0.4, -0.2) is 89.2 Å². The highest BCUT2D eigenvalue weighted by Gasteiger charge is 2.27. The van der Waals surface area contributed by atoms with E-state index in [0.29, 0.717) is 48.2 Å². The molecule has 0 aliphatic carbocycles. The van der Waals surface area contributed by atoms with Crippen LogP contribution in [0.1, 0.15) is 18.9 Å². The Labute approximate surface area is 227 Å². The molecule has 3 atom stereocenters. The van der Waals surface area contributed by atoms with Gasteiger partial charge in [0, 0.05) is 56.2 Å². The molecule has 0 radical (unpaired) electrons. The Balaban J connectivity index is 1.23. The van der Waals surface area contributed by atoms with Crippen LogP contribution in [0.25, 0.3) is 11.4 Å². The van der Waals surface area contributed by atoms with Crippen molar-refractivity contribution in [3.63, 3.8) is 0 Å². The van der Waals surface area contributed by atoms with Gasteiger partial charge in [0.05, 0.1) is 11.7 Å². The Morgan fingerprint density at radius 2 is 1.97 bits per heavy atom. The number of aliphatic hydroxyl groups excluding tert-OH is 1. The normalized spacial score (nSPS) is 20.7. The lowest BCUT2D eigenvalue weighted by atomic mass is 10.1. The smallest absolute Gasteiger partial charge is 0.230 e. The van der Waals surface area contributed by atoms with Gasteiger partial charge in [-0.25, -0.2) is 14.4 Å². The average molecular weight is 533 g/mol. The Bertz CT molecular complexity index is 1290. The minimum Gasteiger partial charge on any atom is -0.486 e. The molecule has 0 saturated carbocycles. The molecular weight excluding hydrogens is 499 g/mol. The number of aliphatic hydroxyl groups is 1. The number of ether oxygens (including phenoxy) is 1. The molecule has 2 aliphatic rings. The molecule has 0 bridgehead atoms. The summed E-state index contributed by atoms with van der Waals surface area (Å²) in [6, 6.07) is 15.3. The predicted molar refractivity (Wildman–Crippen MR) is 147 cm³/mol. The molecule has 39 heavy (non-hydrogen) atoms. The lowest BCUT2D eigenvalue weighted by molar-refractivity contribution is 0.0729. The molecule has 0 unspecified atom stereocenters. The fraction of sp³-hybridized carbons (Fsp3) is 0.429. The van der Waals surface area contributed by atoms with E-state index < -0.39 is 12.3 Å². The summed E-state index contributed by atoms with van der Waals surface area (Å²) in [4.78, 5) is 17.7. The number of hydrogen-bond donors (Lipinski definition) is 3. The number of benzene rings is 2. The third-order valence-electron chi connectivity index (χ3n) is 6.94. The Kier molecular flexibility index (Phi) is 8.46. The van der Waals surface area contributed by atoms with Crippen LogP contribution in [0.2, 0.25) is 0 Å². The van der Waals surface area contributed by atoms with Crippen LogP contribution in [0.3, 0.4) is 0 Å². The van der Waals surface area contributed by atoms with Crippen LogP contribution >= 0.6 is 0 Å². The van der Waals surface area contributed by atoms with Crippen molar-refractivity contribution < 1.29 is 14.2 Å². The summed E-state index contributed by atoms with van der Waals surface area (Å²) < 4.78 is 20.0. The summed E-state index contributed by atoms with van der Waals surface area (Å²) in [6.07, 6.45) is -0.0530. The van der Waals surface area contributed by atoms with Gasteiger partial charge in [-0.2, -0.15) is 10.2 Å². The molecule has 1 aromatic heterocycles. The molecule has 2 aliphatic heterocycles. The zero-order valence-electron chi connectivity index (χ0n) is 21.9. The maximum Gasteiger partial charge on any atom is 0.230 e. The van der Waals surface area contributed by atoms with Gasteiger partial charge < -0.3 is 25.4 Å². The standard InChI is InChI=1S/C28H33FN8O2/c1-19(38)17-36-10-12-37(13-11-36)23-5-3-22(4-6-23)34-28-33-18-32-27(35-28)20-2-7-25(21(14-20)15-30)39-26-8-9-31-16-24(26)29/h2-7,14,18-19,24,26,31,38H,8-13,16-17H2,1H3,(H,32,33,34,35)/t19-,24-,26-/m0/s1. The first kappa shape index (κ1) is 26.7. The summed E-state index contributed by atoms with van der Waals surface area (Å²) in [7, 11) is 0. The van der Waals surface area contributed by atoms with E-state index in [1.54, 1.807) is 18.2 Å².